The molecule has 1 saturated heterocycles. The Morgan fingerprint density at radius 2 is 1.68 bits per heavy atom. The summed E-state index contributed by atoms with van der Waals surface area (Å²) in [5, 5.41) is 18.6. The second-order valence-electron chi connectivity index (χ2n) is 10.1. The molecule has 0 bridgehead atoms. The molecule has 1 aliphatic heterocycles. The molecule has 1 aliphatic rings. The third-order valence-corrected chi connectivity index (χ3v) is 9.75. The number of aliphatic hydroxyl groups is 1. The lowest BCUT2D eigenvalue weighted by Gasteiger charge is -2.30. The smallest absolute Gasteiger partial charge is 0.188 e. The minimum Gasteiger partial charge on any atom is -0.432 e. The topological polar surface area (TPSA) is 80.4 Å². The van der Waals surface area contributed by atoms with Crippen LogP contribution in [0.1, 0.15) is 42.5 Å². The first kappa shape index (κ1) is 24.8. The van der Waals surface area contributed by atoms with E-state index in [4.69, 9.17) is 4.74 Å². The molecule has 3 aromatic rings. The first-order chi connectivity index (χ1) is 16.4. The number of aliphatic hydroxyl groups excluding tert-OH is 1. The van der Waals surface area contributed by atoms with Gasteiger partial charge in [0.1, 0.15) is 0 Å². The van der Waals surface area contributed by atoms with Gasteiger partial charge in [0, 0.05) is 18.3 Å². The van der Waals surface area contributed by atoms with Crippen LogP contribution >= 0.6 is 0 Å². The van der Waals surface area contributed by atoms with Crippen molar-refractivity contribution in [1.82, 2.24) is 15.0 Å². The maximum atomic E-state index is 11.1. The number of aromatic nitrogens is 3. The molecule has 7 heteroatoms. The van der Waals surface area contributed by atoms with E-state index in [2.05, 4.69) is 41.5 Å². The van der Waals surface area contributed by atoms with E-state index < -0.39 is 8.32 Å². The van der Waals surface area contributed by atoms with Crippen molar-refractivity contribution < 1.29 is 14.6 Å². The zero-order valence-electron chi connectivity index (χ0n) is 20.4. The van der Waals surface area contributed by atoms with E-state index in [-0.39, 0.29) is 30.3 Å². The van der Waals surface area contributed by atoms with E-state index in [1.807, 2.05) is 60.4 Å². The zero-order valence-corrected chi connectivity index (χ0v) is 21.4. The maximum Gasteiger partial charge on any atom is 0.188 e. The van der Waals surface area contributed by atoms with Gasteiger partial charge in [0.25, 0.3) is 0 Å². The normalized spacial score (nSPS) is 23.8. The summed E-state index contributed by atoms with van der Waals surface area (Å²) in [5.41, 5.74) is 3.31. The molecular weight excluding hydrogens is 442 g/mol. The number of rotatable bonds is 10. The van der Waals surface area contributed by atoms with Crippen LogP contribution in [-0.4, -0.2) is 52.0 Å². The van der Waals surface area contributed by atoms with Gasteiger partial charge in [0.15, 0.2) is 8.32 Å². The number of hydrogen-bond acceptors (Lipinski definition) is 5. The summed E-state index contributed by atoms with van der Waals surface area (Å²) < 4.78 is 8.42. The minimum atomic E-state index is -2.40. The summed E-state index contributed by atoms with van der Waals surface area (Å²) in [5.74, 6) is 0.139. The molecule has 1 aromatic heterocycles. The molecule has 0 radical (unpaired) electrons. The van der Waals surface area contributed by atoms with Gasteiger partial charge < -0.3 is 14.6 Å². The standard InChI is InChI=1S/C27H37N3O3Si/c1-20-25(15-14-21-10-6-4-7-11-21)33-26(27(20)34(2,3)32)16-17-30-18-24(28-29-30)23(19-31)22-12-8-5-9-13-22/h4-13,18,20,23,25-27,31-32H,14-17,19H2,1-3H3/t20-,23?,25+,26-,27+/m1/s1. The van der Waals surface area contributed by atoms with Gasteiger partial charge in [-0.15, -0.1) is 5.10 Å². The van der Waals surface area contributed by atoms with Gasteiger partial charge >= 0.3 is 0 Å². The highest BCUT2D eigenvalue weighted by Crippen LogP contribution is 2.45. The summed E-state index contributed by atoms with van der Waals surface area (Å²) in [6.45, 7) is 6.96. The van der Waals surface area contributed by atoms with E-state index in [1.165, 1.54) is 5.56 Å². The van der Waals surface area contributed by atoms with Crippen LogP contribution < -0.4 is 0 Å². The van der Waals surface area contributed by atoms with Gasteiger partial charge in [-0.3, -0.25) is 4.68 Å². The lowest BCUT2D eigenvalue weighted by atomic mass is 9.95. The Bertz CT molecular complexity index is 1020. The molecule has 0 aliphatic carbocycles. The molecule has 0 spiro atoms. The molecule has 0 amide bonds. The van der Waals surface area contributed by atoms with Crippen molar-refractivity contribution in [3.05, 3.63) is 83.7 Å². The monoisotopic (exact) mass is 479 g/mol. The van der Waals surface area contributed by atoms with Gasteiger partial charge in [0.05, 0.1) is 30.4 Å². The first-order valence-electron chi connectivity index (χ1n) is 12.3. The predicted molar refractivity (Wildman–Crippen MR) is 136 cm³/mol. The molecular formula is C27H37N3O3Si. The van der Waals surface area contributed by atoms with Crippen molar-refractivity contribution in [2.24, 2.45) is 5.92 Å². The van der Waals surface area contributed by atoms with Crippen LogP contribution in [0.15, 0.2) is 66.9 Å². The van der Waals surface area contributed by atoms with E-state index in [9.17, 15) is 9.90 Å². The van der Waals surface area contributed by atoms with Crippen LogP contribution in [0.25, 0.3) is 0 Å². The lowest BCUT2D eigenvalue weighted by molar-refractivity contribution is 0.0245. The van der Waals surface area contributed by atoms with E-state index in [1.54, 1.807) is 0 Å². The molecule has 4 rings (SSSR count). The average Bonchev–Trinajstić information content (AvgIpc) is 3.42. The Morgan fingerprint density at radius 1 is 1.00 bits per heavy atom. The summed E-state index contributed by atoms with van der Waals surface area (Å²) in [4.78, 5) is 11.1. The second kappa shape index (κ2) is 10.9. The van der Waals surface area contributed by atoms with Crippen molar-refractivity contribution in [1.29, 1.82) is 0 Å². The largest absolute Gasteiger partial charge is 0.432 e. The SMILES string of the molecule is C[C@H]1[C@H]([Si](C)(C)O)[C@@H](CCn2cc(C(CO)c3ccccc3)nn2)O[C@H]1CCc1ccccc1. The molecule has 2 N–H and O–H groups in total. The maximum absolute atomic E-state index is 11.1. The highest BCUT2D eigenvalue weighted by Gasteiger charge is 2.49. The summed E-state index contributed by atoms with van der Waals surface area (Å²) in [6, 6.07) is 20.4. The highest BCUT2D eigenvalue weighted by atomic mass is 28.4. The van der Waals surface area contributed by atoms with Crippen molar-refractivity contribution >= 4 is 8.32 Å². The van der Waals surface area contributed by atoms with Crippen LogP contribution in [0.3, 0.4) is 0 Å². The molecule has 2 aromatic carbocycles. The molecule has 1 unspecified atom stereocenters. The fourth-order valence-corrected chi connectivity index (χ4v) is 8.19. The van der Waals surface area contributed by atoms with E-state index >= 15 is 0 Å². The van der Waals surface area contributed by atoms with Crippen LogP contribution in [-0.2, 0) is 17.7 Å². The third kappa shape index (κ3) is 5.83. The summed E-state index contributed by atoms with van der Waals surface area (Å²) in [6.07, 6.45) is 4.82. The molecule has 182 valence electrons. The Kier molecular flexibility index (Phi) is 7.98. The van der Waals surface area contributed by atoms with Crippen LogP contribution in [0.5, 0.6) is 0 Å². The number of ether oxygens (including phenoxy) is 1. The van der Waals surface area contributed by atoms with Crippen molar-refractivity contribution in [2.45, 2.75) is 69.5 Å². The van der Waals surface area contributed by atoms with Crippen LogP contribution in [0, 0.1) is 5.92 Å². The molecule has 0 saturated carbocycles. The van der Waals surface area contributed by atoms with Crippen molar-refractivity contribution in [2.75, 3.05) is 6.61 Å². The van der Waals surface area contributed by atoms with Crippen LogP contribution in [0.4, 0.5) is 0 Å². The average molecular weight is 480 g/mol. The van der Waals surface area contributed by atoms with Crippen molar-refractivity contribution in [3.8, 4) is 0 Å². The first-order valence-corrected chi connectivity index (χ1v) is 15.4. The Labute approximate surface area is 203 Å². The summed E-state index contributed by atoms with van der Waals surface area (Å²) >= 11 is 0. The molecule has 5 atom stereocenters. The molecule has 1 fully saturated rings. The lowest BCUT2D eigenvalue weighted by Crippen LogP contribution is -2.40. The number of nitrogens with zero attached hydrogens (tertiary/aromatic N) is 3. The quantitative estimate of drug-likeness (QED) is 0.422. The number of benzene rings is 2. The number of aryl methyl sites for hydroxylation is 2. The van der Waals surface area contributed by atoms with Gasteiger partial charge in [-0.25, -0.2) is 0 Å². The van der Waals surface area contributed by atoms with Gasteiger partial charge in [0.2, 0.25) is 0 Å². The molecule has 2 heterocycles. The predicted octanol–water partition coefficient (Wildman–Crippen LogP) is 4.40. The minimum absolute atomic E-state index is 0.0119. The summed E-state index contributed by atoms with van der Waals surface area (Å²) in [7, 11) is -2.40. The van der Waals surface area contributed by atoms with E-state index in [0.29, 0.717) is 12.5 Å². The zero-order chi connectivity index (χ0) is 24.1. The Hall–Kier alpha value is -2.32. The number of hydrogen-bond donors (Lipinski definition) is 2. The van der Waals surface area contributed by atoms with Crippen molar-refractivity contribution in [3.63, 3.8) is 0 Å². The highest BCUT2D eigenvalue weighted by molar-refractivity contribution is 6.71. The molecule has 34 heavy (non-hydrogen) atoms. The molecule has 6 nitrogen and oxygen atoms in total. The fraction of sp³-hybridized carbons (Fsp3) is 0.481. The third-order valence-electron chi connectivity index (χ3n) is 7.22. The second-order valence-corrected chi connectivity index (χ2v) is 14.1. The van der Waals surface area contributed by atoms with Crippen LogP contribution in [0.2, 0.25) is 18.6 Å². The van der Waals surface area contributed by atoms with E-state index in [0.717, 1.165) is 30.5 Å². The van der Waals surface area contributed by atoms with Gasteiger partial charge in [-0.05, 0) is 49.4 Å². The van der Waals surface area contributed by atoms with Gasteiger partial charge in [-0.1, -0.05) is 72.8 Å². The Morgan fingerprint density at radius 3 is 2.32 bits per heavy atom. The van der Waals surface area contributed by atoms with Gasteiger partial charge in [-0.2, -0.15) is 0 Å². The Balaban J connectivity index is 1.41. The fourth-order valence-electron chi connectivity index (χ4n) is 5.53.